The van der Waals surface area contributed by atoms with Crippen molar-refractivity contribution in [2.24, 2.45) is 51.2 Å². The summed E-state index contributed by atoms with van der Waals surface area (Å²) in [6.45, 7) is 18.3. The van der Waals surface area contributed by atoms with Crippen LogP contribution in [0.3, 0.4) is 0 Å². The molecular formula is C52H76N4O6. The third-order valence-electron chi connectivity index (χ3n) is 18.1. The largest absolute Gasteiger partial charge is 0.493 e. The molecule has 10 heteroatoms. The van der Waals surface area contributed by atoms with E-state index in [-0.39, 0.29) is 46.3 Å². The number of nitrogens with zero attached hydrogens (tertiary/aromatic N) is 1. The van der Waals surface area contributed by atoms with E-state index in [0.717, 1.165) is 76.6 Å². The minimum Gasteiger partial charge on any atom is -0.493 e. The molecule has 5 aliphatic carbocycles. The van der Waals surface area contributed by atoms with Crippen LogP contribution in [-0.4, -0.2) is 83.9 Å². The van der Waals surface area contributed by atoms with Gasteiger partial charge in [-0.2, -0.15) is 0 Å². The normalized spacial score (nSPS) is 36.3. The van der Waals surface area contributed by atoms with E-state index in [2.05, 4.69) is 62.4 Å². The van der Waals surface area contributed by atoms with Crippen molar-refractivity contribution in [3.05, 3.63) is 64.7 Å². The lowest BCUT2D eigenvalue weighted by Crippen LogP contribution is -2.63. The molecule has 5 N–H and O–H groups in total. The minimum atomic E-state index is -1.06. The van der Waals surface area contributed by atoms with Gasteiger partial charge >= 0.3 is 5.97 Å². The number of hydrogen-bond acceptors (Lipinski definition) is 7. The van der Waals surface area contributed by atoms with Crippen molar-refractivity contribution in [1.29, 1.82) is 0 Å². The van der Waals surface area contributed by atoms with Crippen molar-refractivity contribution < 1.29 is 29.3 Å². The summed E-state index contributed by atoms with van der Waals surface area (Å²) in [7, 11) is 0. The highest BCUT2D eigenvalue weighted by molar-refractivity contribution is 5.94. The summed E-state index contributed by atoms with van der Waals surface area (Å²) in [6.07, 6.45) is 13.7. The molecule has 0 radical (unpaired) electrons. The molecule has 6 fully saturated rings. The molecule has 1 heterocycles. The van der Waals surface area contributed by atoms with Crippen LogP contribution in [0, 0.1) is 51.2 Å². The molecule has 340 valence electrons. The van der Waals surface area contributed by atoms with Crippen molar-refractivity contribution in [1.82, 2.24) is 20.9 Å². The number of amides is 2. The van der Waals surface area contributed by atoms with Crippen LogP contribution in [-0.2, 0) is 17.8 Å². The molecule has 1 aliphatic heterocycles. The zero-order valence-electron chi connectivity index (χ0n) is 38.6. The van der Waals surface area contributed by atoms with Gasteiger partial charge in [0.05, 0.1) is 18.1 Å². The molecule has 0 bridgehead atoms. The quantitative estimate of drug-likeness (QED) is 0.127. The maximum atomic E-state index is 14.4. The lowest BCUT2D eigenvalue weighted by atomic mass is 9.36. The predicted molar refractivity (Wildman–Crippen MR) is 243 cm³/mol. The summed E-state index contributed by atoms with van der Waals surface area (Å²) in [6, 6.07) is 13.6. The Morgan fingerprint density at radius 1 is 0.823 bits per heavy atom. The minimum absolute atomic E-state index is 0.0347. The number of benzene rings is 2. The van der Waals surface area contributed by atoms with E-state index in [0.29, 0.717) is 83.5 Å². The monoisotopic (exact) mass is 853 g/mol. The van der Waals surface area contributed by atoms with Gasteiger partial charge in [-0.3, -0.25) is 9.59 Å². The highest BCUT2D eigenvalue weighted by Gasteiger charge is 2.67. The molecule has 6 aliphatic rings. The molecular weight excluding hydrogens is 777 g/mol. The number of aliphatic hydroxyl groups is 1. The molecule has 11 unspecified atom stereocenters. The molecule has 62 heavy (non-hydrogen) atoms. The smallest absolute Gasteiger partial charge is 0.339 e. The number of aromatic carboxylic acids is 1. The summed E-state index contributed by atoms with van der Waals surface area (Å²) in [5.41, 5.74) is 2.58. The van der Waals surface area contributed by atoms with Gasteiger partial charge < -0.3 is 35.8 Å². The van der Waals surface area contributed by atoms with Crippen molar-refractivity contribution >= 4 is 17.8 Å². The van der Waals surface area contributed by atoms with Gasteiger partial charge in [-0.15, -0.1) is 0 Å². The number of ether oxygens (including phenoxy) is 1. The number of carbonyl (C=O) groups is 3. The van der Waals surface area contributed by atoms with Crippen molar-refractivity contribution in [2.75, 3.05) is 32.8 Å². The maximum Gasteiger partial charge on any atom is 0.339 e. The fourth-order valence-corrected chi connectivity index (χ4v) is 15.3. The first-order valence-corrected chi connectivity index (χ1v) is 24.4. The number of rotatable bonds is 13. The molecule has 2 amide bonds. The highest BCUT2D eigenvalue weighted by atomic mass is 16.5. The molecule has 2 aromatic carbocycles. The van der Waals surface area contributed by atoms with Crippen LogP contribution >= 0.6 is 0 Å². The van der Waals surface area contributed by atoms with Crippen LogP contribution in [0.15, 0.2) is 42.5 Å². The number of carboxylic acids is 1. The standard InChI is InChI=1S/C52H76N4O6/c1-33-31-56(32-34(2)55-33)26-9-27-62-42-15-13-36(29-39(42)47(59)60)30-54-46(58)37-11-7-10-35(28-37)20-25-53-48(61)52-21-8-12-41(52)38-14-16-44-50(5,40(38)17-24-52)22-18-43-49(3,4)45(57)19-23-51(43,44)6/h7,10-11,13,15,28-29,33-34,38,40-41,43-45,55,57H,8-9,12,14,16-27,30-32H2,1-6H3,(H,53,61)(H,54,58)(H,59,60). The van der Waals surface area contributed by atoms with Gasteiger partial charge in [-0.25, -0.2) is 4.79 Å². The Morgan fingerprint density at radius 2 is 1.60 bits per heavy atom. The Kier molecular flexibility index (Phi) is 13.0. The topological polar surface area (TPSA) is 140 Å². The van der Waals surface area contributed by atoms with E-state index in [4.69, 9.17) is 4.74 Å². The van der Waals surface area contributed by atoms with Gasteiger partial charge in [-0.1, -0.05) is 52.3 Å². The third kappa shape index (κ3) is 8.46. The molecule has 0 spiro atoms. The number of carboxylic acid groups (broad SMARTS) is 1. The second-order valence-electron chi connectivity index (χ2n) is 22.0. The predicted octanol–water partition coefficient (Wildman–Crippen LogP) is 8.25. The van der Waals surface area contributed by atoms with Crippen molar-refractivity contribution in [3.8, 4) is 5.75 Å². The summed E-state index contributed by atoms with van der Waals surface area (Å²) < 4.78 is 5.93. The number of piperazine rings is 1. The van der Waals surface area contributed by atoms with E-state index < -0.39 is 5.97 Å². The van der Waals surface area contributed by atoms with Crippen LogP contribution in [0.4, 0.5) is 0 Å². The first-order chi connectivity index (χ1) is 29.5. The lowest BCUT2D eigenvalue weighted by Gasteiger charge is -2.69. The highest BCUT2D eigenvalue weighted by Crippen LogP contribution is 2.73. The number of hydrogen-bond donors (Lipinski definition) is 5. The average Bonchev–Trinajstić information content (AvgIpc) is 3.69. The van der Waals surface area contributed by atoms with Crippen LogP contribution in [0.25, 0.3) is 0 Å². The van der Waals surface area contributed by atoms with Crippen LogP contribution in [0.2, 0.25) is 0 Å². The maximum absolute atomic E-state index is 14.4. The van der Waals surface area contributed by atoms with Crippen molar-refractivity contribution in [3.63, 3.8) is 0 Å². The number of fused-ring (bicyclic) bond motifs is 7. The molecule has 2 aromatic rings. The van der Waals surface area contributed by atoms with Gasteiger partial charge in [0.15, 0.2) is 0 Å². The third-order valence-corrected chi connectivity index (χ3v) is 18.1. The summed E-state index contributed by atoms with van der Waals surface area (Å²) >= 11 is 0. The lowest BCUT2D eigenvalue weighted by molar-refractivity contribution is -0.214. The summed E-state index contributed by atoms with van der Waals surface area (Å²) in [4.78, 5) is 42.3. The zero-order chi connectivity index (χ0) is 44.0. The van der Waals surface area contributed by atoms with Crippen LogP contribution < -0.4 is 20.7 Å². The Labute approximate surface area is 371 Å². The summed E-state index contributed by atoms with van der Waals surface area (Å²) in [5, 5.41) is 30.9. The zero-order valence-corrected chi connectivity index (χ0v) is 38.6. The second-order valence-corrected chi connectivity index (χ2v) is 22.0. The van der Waals surface area contributed by atoms with E-state index in [1.54, 1.807) is 18.2 Å². The molecule has 11 atom stereocenters. The van der Waals surface area contributed by atoms with E-state index in [1.807, 2.05) is 24.3 Å². The second kappa shape index (κ2) is 17.8. The SMILES string of the molecule is CC1CN(CCCOc2ccc(CNC(=O)c3cccc(CCNC(=O)C45CCCC4C4CCC6C(C)(CCC7C(C)(C)C(O)CCC76C)C4CC5)c3)cc2C(=O)O)CC(C)N1. The molecule has 1 saturated heterocycles. The van der Waals surface area contributed by atoms with Gasteiger partial charge in [0, 0.05) is 50.4 Å². The van der Waals surface area contributed by atoms with Crippen LogP contribution in [0.5, 0.6) is 5.75 Å². The van der Waals surface area contributed by atoms with Gasteiger partial charge in [0.25, 0.3) is 5.91 Å². The Morgan fingerprint density at radius 3 is 2.37 bits per heavy atom. The average molecular weight is 853 g/mol. The number of aliphatic hydroxyl groups excluding tert-OH is 1. The summed E-state index contributed by atoms with van der Waals surface area (Å²) in [5.74, 6) is 2.29. The molecule has 5 saturated carbocycles. The van der Waals surface area contributed by atoms with Crippen LogP contribution in [0.1, 0.15) is 150 Å². The first-order valence-electron chi connectivity index (χ1n) is 24.4. The fourth-order valence-electron chi connectivity index (χ4n) is 15.3. The Hall–Kier alpha value is -3.47. The molecule has 8 rings (SSSR count). The van der Waals surface area contributed by atoms with Gasteiger partial charge in [-0.05, 0) is 172 Å². The van der Waals surface area contributed by atoms with E-state index in [9.17, 15) is 24.6 Å². The fraction of sp³-hybridized carbons (Fsp3) is 0.712. The van der Waals surface area contributed by atoms with Gasteiger partial charge in [0.2, 0.25) is 5.91 Å². The molecule has 10 nitrogen and oxygen atoms in total. The molecule has 0 aromatic heterocycles. The van der Waals surface area contributed by atoms with E-state index in [1.165, 1.54) is 25.7 Å². The van der Waals surface area contributed by atoms with E-state index >= 15 is 0 Å². The Balaban J connectivity index is 0.826. The Bertz CT molecular complexity index is 1960. The first kappa shape index (κ1) is 45.1. The van der Waals surface area contributed by atoms with Crippen molar-refractivity contribution in [2.45, 2.75) is 150 Å². The number of carbonyl (C=O) groups excluding carboxylic acids is 2. The van der Waals surface area contributed by atoms with Gasteiger partial charge in [0.1, 0.15) is 11.3 Å². The number of nitrogens with one attached hydrogen (secondary N) is 3.